The van der Waals surface area contributed by atoms with Crippen LogP contribution < -0.4 is 0 Å². The highest BCUT2D eigenvalue weighted by molar-refractivity contribution is 7.85. The van der Waals surface area contributed by atoms with Crippen molar-refractivity contribution in [3.63, 3.8) is 0 Å². The van der Waals surface area contributed by atoms with Gasteiger partial charge in [-0.25, -0.2) is 0 Å². The Labute approximate surface area is 75.5 Å². The third kappa shape index (κ3) is 3.16. The van der Waals surface area contributed by atoms with Crippen LogP contribution in [-0.4, -0.2) is 15.5 Å². The minimum absolute atomic E-state index is 0.0874. The molecular weight excluding hydrogens is 199 g/mol. The van der Waals surface area contributed by atoms with Crippen LogP contribution in [0.5, 0.6) is 0 Å². The number of rotatable bonds is 4. The number of halogens is 1. The monoisotopic (exact) mass is 208 g/mol. The zero-order chi connectivity index (χ0) is 9.90. The maximum absolute atomic E-state index is 12.2. The number of furan rings is 1. The lowest BCUT2D eigenvalue weighted by Crippen LogP contribution is -1.98. The van der Waals surface area contributed by atoms with Crippen LogP contribution >= 0.6 is 0 Å². The average Bonchev–Trinajstić information content (AvgIpc) is 2.34. The summed E-state index contributed by atoms with van der Waals surface area (Å²) >= 11 is 0. The molecule has 0 N–H and O–H groups in total. The standard InChI is InChI=1S/C7H9FO4S/c1-11-4-6-2-3-12-7(6)5-13(8,9)10/h2-3H,4-5H2,1H3. The van der Waals surface area contributed by atoms with Crippen molar-refractivity contribution >= 4 is 10.2 Å². The molecule has 0 spiro atoms. The molecule has 1 aromatic heterocycles. The molecular formula is C7H9FO4S. The summed E-state index contributed by atoms with van der Waals surface area (Å²) in [5.41, 5.74) is 0.545. The van der Waals surface area contributed by atoms with Crippen LogP contribution in [0.15, 0.2) is 16.7 Å². The molecule has 0 bridgehead atoms. The molecule has 0 saturated heterocycles. The summed E-state index contributed by atoms with van der Waals surface area (Å²) in [5.74, 6) is -0.650. The number of methoxy groups -OCH3 is 1. The molecule has 0 fully saturated rings. The minimum atomic E-state index is -4.54. The molecule has 13 heavy (non-hydrogen) atoms. The van der Waals surface area contributed by atoms with Gasteiger partial charge in [-0.2, -0.15) is 8.42 Å². The first-order valence-electron chi connectivity index (χ1n) is 3.49. The third-order valence-electron chi connectivity index (χ3n) is 1.44. The fraction of sp³-hybridized carbons (Fsp3) is 0.429. The van der Waals surface area contributed by atoms with E-state index < -0.39 is 16.0 Å². The van der Waals surface area contributed by atoms with Gasteiger partial charge in [-0.15, -0.1) is 3.89 Å². The Morgan fingerprint density at radius 1 is 1.62 bits per heavy atom. The van der Waals surface area contributed by atoms with Crippen LogP contribution in [-0.2, 0) is 27.3 Å². The fourth-order valence-corrected chi connectivity index (χ4v) is 1.50. The van der Waals surface area contributed by atoms with Gasteiger partial charge in [0, 0.05) is 12.7 Å². The van der Waals surface area contributed by atoms with Gasteiger partial charge in [0.2, 0.25) is 0 Å². The largest absolute Gasteiger partial charge is 0.468 e. The van der Waals surface area contributed by atoms with Crippen LogP contribution in [0.2, 0.25) is 0 Å². The molecule has 74 valence electrons. The smallest absolute Gasteiger partial charge is 0.309 e. The molecule has 0 aromatic carbocycles. The maximum Gasteiger partial charge on any atom is 0.309 e. The number of hydrogen-bond donors (Lipinski definition) is 0. The molecule has 1 aromatic rings. The predicted molar refractivity (Wildman–Crippen MR) is 43.2 cm³/mol. The van der Waals surface area contributed by atoms with E-state index in [9.17, 15) is 12.3 Å². The van der Waals surface area contributed by atoms with E-state index in [1.54, 1.807) is 6.07 Å². The van der Waals surface area contributed by atoms with E-state index in [0.29, 0.717) is 5.56 Å². The summed E-state index contributed by atoms with van der Waals surface area (Å²) in [4.78, 5) is 0. The van der Waals surface area contributed by atoms with Gasteiger partial charge >= 0.3 is 10.2 Å². The molecule has 0 unspecified atom stereocenters. The van der Waals surface area contributed by atoms with Gasteiger partial charge in [0.15, 0.2) is 0 Å². The van der Waals surface area contributed by atoms with Crippen molar-refractivity contribution in [2.45, 2.75) is 12.4 Å². The first-order valence-corrected chi connectivity index (χ1v) is 5.04. The van der Waals surface area contributed by atoms with Gasteiger partial charge in [-0.05, 0) is 6.07 Å². The third-order valence-corrected chi connectivity index (χ3v) is 2.05. The lowest BCUT2D eigenvalue weighted by molar-refractivity contribution is 0.183. The van der Waals surface area contributed by atoms with Gasteiger partial charge in [0.1, 0.15) is 11.5 Å². The lowest BCUT2D eigenvalue weighted by Gasteiger charge is -1.97. The van der Waals surface area contributed by atoms with Crippen molar-refractivity contribution in [2.75, 3.05) is 7.11 Å². The topological polar surface area (TPSA) is 56.5 Å². The highest BCUT2D eigenvalue weighted by Crippen LogP contribution is 2.15. The van der Waals surface area contributed by atoms with Crippen LogP contribution in [0.1, 0.15) is 11.3 Å². The van der Waals surface area contributed by atoms with Gasteiger partial charge in [-0.1, -0.05) is 0 Å². The van der Waals surface area contributed by atoms with Gasteiger partial charge in [0.25, 0.3) is 0 Å². The Bertz CT molecular complexity index is 368. The molecule has 0 aliphatic rings. The molecule has 1 heterocycles. The van der Waals surface area contributed by atoms with Crippen molar-refractivity contribution in [1.82, 2.24) is 0 Å². The van der Waals surface area contributed by atoms with Crippen molar-refractivity contribution in [1.29, 1.82) is 0 Å². The Kier molecular flexibility index (Phi) is 3.05. The molecule has 0 radical (unpaired) electrons. The highest BCUT2D eigenvalue weighted by Gasteiger charge is 2.15. The zero-order valence-corrected chi connectivity index (χ0v) is 7.80. The van der Waals surface area contributed by atoms with E-state index in [4.69, 9.17) is 9.15 Å². The maximum atomic E-state index is 12.2. The van der Waals surface area contributed by atoms with Gasteiger partial charge in [0.05, 0.1) is 12.9 Å². The average molecular weight is 208 g/mol. The molecule has 0 atom stereocenters. The van der Waals surface area contributed by atoms with Gasteiger partial charge < -0.3 is 9.15 Å². The normalized spacial score (nSPS) is 11.8. The zero-order valence-electron chi connectivity index (χ0n) is 6.99. The Morgan fingerprint density at radius 2 is 2.31 bits per heavy atom. The van der Waals surface area contributed by atoms with Gasteiger partial charge in [-0.3, -0.25) is 0 Å². The predicted octanol–water partition coefficient (Wildman–Crippen LogP) is 1.23. The SMILES string of the molecule is COCc1ccoc1CS(=O)(=O)F. The summed E-state index contributed by atoms with van der Waals surface area (Å²) in [5, 5.41) is 0. The van der Waals surface area contributed by atoms with Crippen molar-refractivity contribution in [3.8, 4) is 0 Å². The lowest BCUT2D eigenvalue weighted by atomic mass is 10.3. The Balaban J connectivity index is 2.82. The van der Waals surface area contributed by atoms with E-state index in [1.807, 2.05) is 0 Å². The van der Waals surface area contributed by atoms with E-state index in [0.717, 1.165) is 0 Å². The van der Waals surface area contributed by atoms with Crippen molar-refractivity contribution < 1.29 is 21.5 Å². The Hall–Kier alpha value is -0.880. The van der Waals surface area contributed by atoms with Crippen LogP contribution in [0.3, 0.4) is 0 Å². The van der Waals surface area contributed by atoms with E-state index in [2.05, 4.69) is 0 Å². The molecule has 6 heteroatoms. The summed E-state index contributed by atoms with van der Waals surface area (Å²) in [6.45, 7) is 0.210. The minimum Gasteiger partial charge on any atom is -0.468 e. The van der Waals surface area contributed by atoms with Crippen LogP contribution in [0.25, 0.3) is 0 Å². The molecule has 4 nitrogen and oxygen atoms in total. The first-order chi connectivity index (χ1) is 6.03. The first kappa shape index (κ1) is 10.2. The quantitative estimate of drug-likeness (QED) is 0.698. The summed E-state index contributed by atoms with van der Waals surface area (Å²) < 4.78 is 42.4. The molecule has 0 aliphatic heterocycles. The Morgan fingerprint density at radius 3 is 2.85 bits per heavy atom. The second kappa shape index (κ2) is 3.89. The van der Waals surface area contributed by atoms with E-state index in [1.165, 1.54) is 13.4 Å². The second-order valence-electron chi connectivity index (χ2n) is 2.49. The number of ether oxygens (including phenoxy) is 1. The number of hydrogen-bond acceptors (Lipinski definition) is 4. The fourth-order valence-electron chi connectivity index (χ4n) is 0.934. The van der Waals surface area contributed by atoms with Crippen LogP contribution in [0, 0.1) is 0 Å². The summed E-state index contributed by atoms with van der Waals surface area (Å²) in [6.07, 6.45) is 1.30. The summed E-state index contributed by atoms with van der Waals surface area (Å²) in [7, 11) is -3.08. The van der Waals surface area contributed by atoms with Crippen molar-refractivity contribution in [3.05, 3.63) is 23.7 Å². The second-order valence-corrected chi connectivity index (χ2v) is 3.85. The molecule has 0 amide bonds. The van der Waals surface area contributed by atoms with Crippen LogP contribution in [0.4, 0.5) is 3.89 Å². The summed E-state index contributed by atoms with van der Waals surface area (Å²) in [6, 6.07) is 1.55. The van der Waals surface area contributed by atoms with Crippen molar-refractivity contribution in [2.24, 2.45) is 0 Å². The molecule has 0 aliphatic carbocycles. The van der Waals surface area contributed by atoms with E-state index >= 15 is 0 Å². The highest BCUT2D eigenvalue weighted by atomic mass is 32.3. The van der Waals surface area contributed by atoms with E-state index in [-0.39, 0.29) is 12.4 Å². The molecule has 1 rings (SSSR count). The molecule has 0 saturated carbocycles.